The highest BCUT2D eigenvalue weighted by molar-refractivity contribution is 9.10. The van der Waals surface area contributed by atoms with Gasteiger partial charge in [0.2, 0.25) is 0 Å². The fourth-order valence-corrected chi connectivity index (χ4v) is 1.88. The van der Waals surface area contributed by atoms with E-state index in [1.54, 1.807) is 19.2 Å². The number of aromatic nitrogens is 2. The lowest BCUT2D eigenvalue weighted by molar-refractivity contribution is 0.102. The largest absolute Gasteiger partial charge is 0.372 e. The van der Waals surface area contributed by atoms with Gasteiger partial charge in [0.1, 0.15) is 5.82 Å². The zero-order valence-electron chi connectivity index (χ0n) is 10.6. The highest BCUT2D eigenvalue weighted by atomic mass is 79.9. The Hall–Kier alpha value is -1.95. The summed E-state index contributed by atoms with van der Waals surface area (Å²) < 4.78 is 0.864. The van der Waals surface area contributed by atoms with E-state index in [0.29, 0.717) is 11.5 Å². The number of aryl methyl sites for hydroxylation is 1. The fraction of sp³-hybridized carbons (Fsp3) is 0.154. The number of anilines is 2. The zero-order valence-corrected chi connectivity index (χ0v) is 12.2. The summed E-state index contributed by atoms with van der Waals surface area (Å²) >= 11 is 3.44. The molecular formula is C13H13BrN4O. The topological polar surface area (TPSA) is 66.9 Å². The van der Waals surface area contributed by atoms with Crippen LogP contribution in [-0.4, -0.2) is 23.2 Å². The van der Waals surface area contributed by atoms with Crippen molar-refractivity contribution >= 4 is 33.3 Å². The molecule has 0 aliphatic rings. The molecule has 1 aromatic heterocycles. The molecule has 0 bridgehead atoms. The van der Waals surface area contributed by atoms with Crippen molar-refractivity contribution in [3.05, 3.63) is 46.1 Å². The fourth-order valence-electron chi connectivity index (χ4n) is 1.52. The Morgan fingerprint density at radius 1 is 1.21 bits per heavy atom. The number of nitrogens with zero attached hydrogens (tertiary/aromatic N) is 2. The number of halogens is 1. The normalized spacial score (nSPS) is 10.1. The average molecular weight is 321 g/mol. The number of benzene rings is 1. The second-order valence-electron chi connectivity index (χ2n) is 3.94. The minimum atomic E-state index is -0.290. The molecule has 0 atom stereocenters. The van der Waals surface area contributed by atoms with E-state index in [9.17, 15) is 4.79 Å². The Labute approximate surface area is 119 Å². The Kier molecular flexibility index (Phi) is 4.11. The first-order valence-electron chi connectivity index (χ1n) is 5.70. The summed E-state index contributed by atoms with van der Waals surface area (Å²) in [4.78, 5) is 12.0. The summed E-state index contributed by atoms with van der Waals surface area (Å²) in [7, 11) is 1.74. The Morgan fingerprint density at radius 2 is 2.00 bits per heavy atom. The SMILES string of the molecule is CNc1ccc(C(=O)Nc2cccc(C)c2Br)nn1. The van der Waals surface area contributed by atoms with E-state index >= 15 is 0 Å². The lowest BCUT2D eigenvalue weighted by Gasteiger charge is -2.08. The number of nitrogens with one attached hydrogen (secondary N) is 2. The van der Waals surface area contributed by atoms with Crippen LogP contribution in [0.5, 0.6) is 0 Å². The van der Waals surface area contributed by atoms with Gasteiger partial charge < -0.3 is 10.6 Å². The van der Waals surface area contributed by atoms with Crippen molar-refractivity contribution in [3.63, 3.8) is 0 Å². The third kappa shape index (κ3) is 3.08. The van der Waals surface area contributed by atoms with E-state index in [4.69, 9.17) is 0 Å². The number of carbonyl (C=O) groups is 1. The van der Waals surface area contributed by atoms with Crippen LogP contribution < -0.4 is 10.6 Å². The van der Waals surface area contributed by atoms with Crippen molar-refractivity contribution < 1.29 is 4.79 Å². The van der Waals surface area contributed by atoms with Gasteiger partial charge in [0.25, 0.3) is 5.91 Å². The summed E-state index contributed by atoms with van der Waals surface area (Å²) in [6.45, 7) is 1.96. The molecular weight excluding hydrogens is 308 g/mol. The third-order valence-corrected chi connectivity index (χ3v) is 3.65. The number of hydrogen-bond donors (Lipinski definition) is 2. The molecule has 0 fully saturated rings. The van der Waals surface area contributed by atoms with E-state index in [2.05, 4.69) is 36.8 Å². The molecule has 0 saturated heterocycles. The number of rotatable bonds is 3. The molecule has 98 valence electrons. The molecule has 19 heavy (non-hydrogen) atoms. The zero-order chi connectivity index (χ0) is 13.8. The average Bonchev–Trinajstić information content (AvgIpc) is 2.44. The van der Waals surface area contributed by atoms with Crippen LogP contribution in [0.3, 0.4) is 0 Å². The summed E-state index contributed by atoms with van der Waals surface area (Å²) in [5.41, 5.74) is 2.03. The molecule has 0 aliphatic carbocycles. The second kappa shape index (κ2) is 5.79. The Balaban J connectivity index is 2.18. The molecule has 1 amide bonds. The van der Waals surface area contributed by atoms with E-state index in [1.807, 2.05) is 25.1 Å². The second-order valence-corrected chi connectivity index (χ2v) is 4.74. The first-order chi connectivity index (χ1) is 9.11. The van der Waals surface area contributed by atoms with Crippen LogP contribution in [0.2, 0.25) is 0 Å². The maximum atomic E-state index is 12.0. The van der Waals surface area contributed by atoms with Crippen LogP contribution in [-0.2, 0) is 0 Å². The van der Waals surface area contributed by atoms with Crippen LogP contribution in [0.15, 0.2) is 34.8 Å². The lowest BCUT2D eigenvalue weighted by Crippen LogP contribution is -2.15. The predicted octanol–water partition coefficient (Wildman–Crippen LogP) is 2.84. The summed E-state index contributed by atoms with van der Waals surface area (Å²) in [5.74, 6) is 0.328. The molecule has 1 heterocycles. The smallest absolute Gasteiger partial charge is 0.276 e. The molecule has 0 saturated carbocycles. The van der Waals surface area contributed by atoms with Crippen LogP contribution in [0, 0.1) is 6.92 Å². The van der Waals surface area contributed by atoms with Gasteiger partial charge in [-0.15, -0.1) is 10.2 Å². The first kappa shape index (κ1) is 13.5. The molecule has 6 heteroatoms. The highest BCUT2D eigenvalue weighted by Gasteiger charge is 2.11. The molecule has 0 radical (unpaired) electrons. The van der Waals surface area contributed by atoms with Gasteiger partial charge in [-0.1, -0.05) is 12.1 Å². The van der Waals surface area contributed by atoms with E-state index in [-0.39, 0.29) is 11.6 Å². The van der Waals surface area contributed by atoms with Gasteiger partial charge in [-0.3, -0.25) is 4.79 Å². The first-order valence-corrected chi connectivity index (χ1v) is 6.49. The molecule has 0 aliphatic heterocycles. The summed E-state index contributed by atoms with van der Waals surface area (Å²) in [6, 6.07) is 8.99. The molecule has 2 N–H and O–H groups in total. The molecule has 5 nitrogen and oxygen atoms in total. The number of hydrogen-bond acceptors (Lipinski definition) is 4. The maximum Gasteiger partial charge on any atom is 0.276 e. The summed E-state index contributed by atoms with van der Waals surface area (Å²) in [6.07, 6.45) is 0. The number of amides is 1. The van der Waals surface area contributed by atoms with Crippen molar-refractivity contribution in [2.45, 2.75) is 6.92 Å². The molecule has 1 aromatic carbocycles. The minimum absolute atomic E-state index is 0.271. The number of carbonyl (C=O) groups excluding carboxylic acids is 1. The van der Waals surface area contributed by atoms with Crippen LogP contribution >= 0.6 is 15.9 Å². The van der Waals surface area contributed by atoms with Gasteiger partial charge in [-0.25, -0.2) is 0 Å². The van der Waals surface area contributed by atoms with Crippen LogP contribution in [0.1, 0.15) is 16.1 Å². The monoisotopic (exact) mass is 320 g/mol. The molecule has 2 aromatic rings. The summed E-state index contributed by atoms with van der Waals surface area (Å²) in [5, 5.41) is 13.4. The van der Waals surface area contributed by atoms with Crippen molar-refractivity contribution in [3.8, 4) is 0 Å². The van der Waals surface area contributed by atoms with Gasteiger partial charge in [0.15, 0.2) is 5.69 Å². The van der Waals surface area contributed by atoms with Crippen molar-refractivity contribution in [2.75, 3.05) is 17.7 Å². The highest BCUT2D eigenvalue weighted by Crippen LogP contribution is 2.25. The Bertz CT molecular complexity index is 598. The lowest BCUT2D eigenvalue weighted by atomic mass is 10.2. The van der Waals surface area contributed by atoms with Crippen LogP contribution in [0.25, 0.3) is 0 Å². The molecule has 2 rings (SSSR count). The minimum Gasteiger partial charge on any atom is -0.372 e. The Morgan fingerprint density at radius 3 is 2.63 bits per heavy atom. The van der Waals surface area contributed by atoms with Crippen LogP contribution in [0.4, 0.5) is 11.5 Å². The van der Waals surface area contributed by atoms with Crippen molar-refractivity contribution in [2.24, 2.45) is 0 Å². The van der Waals surface area contributed by atoms with Crippen molar-refractivity contribution in [1.82, 2.24) is 10.2 Å². The molecule has 0 spiro atoms. The van der Waals surface area contributed by atoms with E-state index in [1.165, 1.54) is 0 Å². The van der Waals surface area contributed by atoms with E-state index in [0.717, 1.165) is 10.0 Å². The predicted molar refractivity (Wildman–Crippen MR) is 78.4 cm³/mol. The standard InChI is InChI=1S/C13H13BrN4O/c1-8-4-3-5-9(12(8)14)16-13(19)10-6-7-11(15-2)18-17-10/h3-7H,1-2H3,(H,15,18)(H,16,19). The van der Waals surface area contributed by atoms with Crippen molar-refractivity contribution in [1.29, 1.82) is 0 Å². The van der Waals surface area contributed by atoms with Gasteiger partial charge in [-0.2, -0.15) is 0 Å². The van der Waals surface area contributed by atoms with Gasteiger partial charge in [-0.05, 0) is 46.6 Å². The maximum absolute atomic E-state index is 12.0. The van der Waals surface area contributed by atoms with Gasteiger partial charge in [0, 0.05) is 11.5 Å². The van der Waals surface area contributed by atoms with Gasteiger partial charge >= 0.3 is 0 Å². The van der Waals surface area contributed by atoms with Gasteiger partial charge in [0.05, 0.1) is 5.69 Å². The quantitative estimate of drug-likeness (QED) is 0.912. The van der Waals surface area contributed by atoms with E-state index < -0.39 is 0 Å². The molecule has 0 unspecified atom stereocenters. The third-order valence-electron chi connectivity index (χ3n) is 2.59.